The van der Waals surface area contributed by atoms with Gasteiger partial charge in [-0.3, -0.25) is 14.8 Å². The Hall–Kier alpha value is -3.80. The third-order valence-electron chi connectivity index (χ3n) is 4.13. The summed E-state index contributed by atoms with van der Waals surface area (Å²) in [6.07, 6.45) is 4.90. The molecule has 0 aliphatic heterocycles. The first-order valence-corrected chi connectivity index (χ1v) is 8.36. The topological polar surface area (TPSA) is 77.0 Å². The van der Waals surface area contributed by atoms with Crippen LogP contribution in [0.3, 0.4) is 0 Å². The van der Waals surface area contributed by atoms with Gasteiger partial charge in [0.05, 0.1) is 37.1 Å². The molecule has 4 aromatic rings. The molecule has 0 saturated heterocycles. The van der Waals surface area contributed by atoms with Crippen LogP contribution in [0.4, 0.5) is 5.69 Å². The fourth-order valence-corrected chi connectivity index (χ4v) is 2.71. The van der Waals surface area contributed by atoms with E-state index in [0.717, 1.165) is 11.3 Å². The quantitative estimate of drug-likeness (QED) is 0.599. The van der Waals surface area contributed by atoms with E-state index < -0.39 is 0 Å². The Labute approximate surface area is 155 Å². The van der Waals surface area contributed by atoms with Crippen molar-refractivity contribution >= 4 is 22.6 Å². The lowest BCUT2D eigenvalue weighted by molar-refractivity contribution is 0.102. The molecule has 27 heavy (non-hydrogen) atoms. The van der Waals surface area contributed by atoms with Crippen LogP contribution in [0.25, 0.3) is 22.3 Å². The Morgan fingerprint density at radius 3 is 2.48 bits per heavy atom. The Morgan fingerprint density at radius 1 is 0.963 bits per heavy atom. The molecule has 2 aromatic carbocycles. The molecule has 132 valence electrons. The zero-order valence-electron chi connectivity index (χ0n) is 14.6. The largest absolute Gasteiger partial charge is 0.497 e. The summed E-state index contributed by atoms with van der Waals surface area (Å²) in [7, 11) is 1.58. The van der Waals surface area contributed by atoms with Crippen molar-refractivity contribution in [2.75, 3.05) is 12.4 Å². The first kappa shape index (κ1) is 16.7. The Morgan fingerprint density at radius 2 is 1.74 bits per heavy atom. The second-order valence-electron chi connectivity index (χ2n) is 5.86. The van der Waals surface area contributed by atoms with Crippen molar-refractivity contribution in [3.63, 3.8) is 0 Å². The highest BCUT2D eigenvalue weighted by atomic mass is 16.5. The number of fused-ring (bicyclic) bond motifs is 1. The van der Waals surface area contributed by atoms with Crippen LogP contribution in [0, 0.1) is 0 Å². The van der Waals surface area contributed by atoms with Gasteiger partial charge in [-0.15, -0.1) is 0 Å². The molecule has 1 N–H and O–H groups in total. The zero-order valence-corrected chi connectivity index (χ0v) is 14.6. The maximum atomic E-state index is 12.6. The normalized spacial score (nSPS) is 10.6. The average Bonchev–Trinajstić information content (AvgIpc) is 2.74. The van der Waals surface area contributed by atoms with Crippen molar-refractivity contribution in [3.05, 3.63) is 78.8 Å². The fourth-order valence-electron chi connectivity index (χ4n) is 2.71. The fraction of sp³-hybridized carbons (Fsp3) is 0.0476. The van der Waals surface area contributed by atoms with E-state index in [4.69, 9.17) is 4.74 Å². The molecule has 4 rings (SSSR count). The van der Waals surface area contributed by atoms with Crippen molar-refractivity contribution in [1.82, 2.24) is 15.0 Å². The minimum atomic E-state index is -0.251. The Kier molecular flexibility index (Phi) is 4.45. The number of amides is 1. The molecule has 0 atom stereocenters. The van der Waals surface area contributed by atoms with Crippen LogP contribution in [-0.4, -0.2) is 28.0 Å². The number of ether oxygens (including phenoxy) is 1. The van der Waals surface area contributed by atoms with Crippen LogP contribution in [0.1, 0.15) is 10.4 Å². The number of carbonyl (C=O) groups excluding carboxylic acids is 1. The van der Waals surface area contributed by atoms with Crippen molar-refractivity contribution in [2.24, 2.45) is 0 Å². The predicted octanol–water partition coefficient (Wildman–Crippen LogP) is 3.95. The second-order valence-corrected chi connectivity index (χ2v) is 5.86. The number of aromatic nitrogens is 3. The smallest absolute Gasteiger partial charge is 0.255 e. The number of methoxy groups -OCH3 is 1. The molecule has 0 saturated carbocycles. The lowest BCUT2D eigenvalue weighted by atomic mass is 10.1. The third kappa shape index (κ3) is 3.46. The lowest BCUT2D eigenvalue weighted by Crippen LogP contribution is -2.12. The molecule has 6 heteroatoms. The standard InChI is InChI=1S/C21H16N4O2/c1-27-16-9-7-15(8-10-16)21(26)25-19-12-22-11-18-20(19)24-17(13-23-18)14-5-3-2-4-6-14/h2-13H,1H3,(H,25,26). The first-order valence-electron chi connectivity index (χ1n) is 8.36. The third-order valence-corrected chi connectivity index (χ3v) is 4.13. The molecule has 0 radical (unpaired) electrons. The average molecular weight is 356 g/mol. The minimum absolute atomic E-state index is 0.251. The Bertz CT molecular complexity index is 1100. The molecule has 0 spiro atoms. The van der Waals surface area contributed by atoms with Crippen LogP contribution in [0.15, 0.2) is 73.2 Å². The summed E-state index contributed by atoms with van der Waals surface area (Å²) in [5.41, 5.74) is 3.92. The van der Waals surface area contributed by atoms with Crippen LogP contribution < -0.4 is 10.1 Å². The van der Waals surface area contributed by atoms with Gasteiger partial charge in [0, 0.05) is 11.1 Å². The summed E-state index contributed by atoms with van der Waals surface area (Å²) < 4.78 is 5.12. The predicted molar refractivity (Wildman–Crippen MR) is 104 cm³/mol. The maximum absolute atomic E-state index is 12.6. The molecule has 0 bridgehead atoms. The number of rotatable bonds is 4. The van der Waals surface area contributed by atoms with Gasteiger partial charge in [-0.25, -0.2) is 4.98 Å². The lowest BCUT2D eigenvalue weighted by Gasteiger charge is -2.09. The molecule has 0 aliphatic rings. The van der Waals surface area contributed by atoms with Gasteiger partial charge in [0.1, 0.15) is 16.8 Å². The van der Waals surface area contributed by atoms with Crippen molar-refractivity contribution in [2.45, 2.75) is 0 Å². The van der Waals surface area contributed by atoms with Crippen molar-refractivity contribution < 1.29 is 9.53 Å². The molecule has 2 heterocycles. The molecule has 1 amide bonds. The summed E-state index contributed by atoms with van der Waals surface area (Å²) in [6, 6.07) is 16.6. The van der Waals surface area contributed by atoms with Crippen LogP contribution in [-0.2, 0) is 0 Å². The van der Waals surface area contributed by atoms with Gasteiger partial charge in [0.25, 0.3) is 5.91 Å². The number of pyridine rings is 1. The monoisotopic (exact) mass is 356 g/mol. The van der Waals surface area contributed by atoms with Gasteiger partial charge >= 0.3 is 0 Å². The van der Waals surface area contributed by atoms with E-state index >= 15 is 0 Å². The first-order chi connectivity index (χ1) is 13.2. The molecule has 0 fully saturated rings. The van der Waals surface area contributed by atoms with E-state index in [1.54, 1.807) is 50.0 Å². The van der Waals surface area contributed by atoms with Gasteiger partial charge in [-0.2, -0.15) is 0 Å². The molecule has 0 aliphatic carbocycles. The Balaban J connectivity index is 1.69. The molecular weight excluding hydrogens is 340 g/mol. The summed E-state index contributed by atoms with van der Waals surface area (Å²) in [5.74, 6) is 0.440. The highest BCUT2D eigenvalue weighted by Crippen LogP contribution is 2.24. The molecule has 6 nitrogen and oxygen atoms in total. The number of nitrogens with zero attached hydrogens (tertiary/aromatic N) is 3. The SMILES string of the molecule is COc1ccc(C(=O)Nc2cncc3ncc(-c4ccccc4)nc23)cc1. The van der Waals surface area contributed by atoms with Gasteiger partial charge in [0.2, 0.25) is 0 Å². The number of hydrogen-bond acceptors (Lipinski definition) is 5. The van der Waals surface area contributed by atoms with E-state index in [0.29, 0.717) is 28.0 Å². The number of carbonyl (C=O) groups is 1. The van der Waals surface area contributed by atoms with E-state index in [2.05, 4.69) is 20.3 Å². The van der Waals surface area contributed by atoms with Gasteiger partial charge in [-0.05, 0) is 24.3 Å². The number of anilines is 1. The van der Waals surface area contributed by atoms with E-state index in [1.165, 1.54) is 0 Å². The van der Waals surface area contributed by atoms with Gasteiger partial charge in [-0.1, -0.05) is 30.3 Å². The number of nitrogens with one attached hydrogen (secondary N) is 1. The van der Waals surface area contributed by atoms with Crippen LogP contribution in [0.5, 0.6) is 5.75 Å². The zero-order chi connectivity index (χ0) is 18.6. The van der Waals surface area contributed by atoms with Gasteiger partial charge in [0.15, 0.2) is 0 Å². The summed E-state index contributed by atoms with van der Waals surface area (Å²) in [5, 5.41) is 2.87. The highest BCUT2D eigenvalue weighted by molar-refractivity contribution is 6.07. The molecule has 0 unspecified atom stereocenters. The molecule has 2 aromatic heterocycles. The number of benzene rings is 2. The van der Waals surface area contributed by atoms with E-state index in [-0.39, 0.29) is 5.91 Å². The van der Waals surface area contributed by atoms with Gasteiger partial charge < -0.3 is 10.1 Å². The van der Waals surface area contributed by atoms with Crippen LogP contribution >= 0.6 is 0 Å². The summed E-state index contributed by atoms with van der Waals surface area (Å²) in [4.78, 5) is 25.8. The summed E-state index contributed by atoms with van der Waals surface area (Å²) >= 11 is 0. The summed E-state index contributed by atoms with van der Waals surface area (Å²) in [6.45, 7) is 0. The second kappa shape index (κ2) is 7.21. The van der Waals surface area contributed by atoms with E-state index in [9.17, 15) is 4.79 Å². The van der Waals surface area contributed by atoms with Crippen LogP contribution in [0.2, 0.25) is 0 Å². The van der Waals surface area contributed by atoms with Crippen molar-refractivity contribution in [3.8, 4) is 17.0 Å². The van der Waals surface area contributed by atoms with E-state index in [1.807, 2.05) is 30.3 Å². The van der Waals surface area contributed by atoms with Crippen molar-refractivity contribution in [1.29, 1.82) is 0 Å². The minimum Gasteiger partial charge on any atom is -0.497 e. The molecular formula is C21H16N4O2. The number of hydrogen-bond donors (Lipinski definition) is 1. The maximum Gasteiger partial charge on any atom is 0.255 e. The highest BCUT2D eigenvalue weighted by Gasteiger charge is 2.12.